The Kier molecular flexibility index (Phi) is 8.12. The first-order valence-electron chi connectivity index (χ1n) is 11.8. The van der Waals surface area contributed by atoms with Crippen molar-refractivity contribution in [2.24, 2.45) is 0 Å². The summed E-state index contributed by atoms with van der Waals surface area (Å²) in [6.07, 6.45) is 1.43. The summed E-state index contributed by atoms with van der Waals surface area (Å²) in [5.41, 5.74) is 3.90. The zero-order valence-electron chi connectivity index (χ0n) is 21.0. The summed E-state index contributed by atoms with van der Waals surface area (Å²) in [7, 11) is 0. The third-order valence-corrected chi connectivity index (χ3v) is 6.80. The summed E-state index contributed by atoms with van der Waals surface area (Å²) in [6.45, 7) is 6.16. The molecule has 1 saturated heterocycles. The maximum absolute atomic E-state index is 13.3. The van der Waals surface area contributed by atoms with Gasteiger partial charge in [-0.1, -0.05) is 24.3 Å². The minimum atomic E-state index is -0.800. The second-order valence-electron chi connectivity index (χ2n) is 8.55. The highest BCUT2D eigenvalue weighted by Gasteiger charge is 2.37. The molecular formula is C29H24IN3O5. The number of benzene rings is 3. The van der Waals surface area contributed by atoms with E-state index in [9.17, 15) is 19.6 Å². The zero-order chi connectivity index (χ0) is 27.4. The molecule has 4 amide bonds. The van der Waals surface area contributed by atoms with Crippen LogP contribution in [-0.2, 0) is 16.2 Å². The highest BCUT2D eigenvalue weighted by Crippen LogP contribution is 2.36. The molecule has 9 heteroatoms. The van der Waals surface area contributed by atoms with Gasteiger partial charge in [-0.3, -0.25) is 14.9 Å². The van der Waals surface area contributed by atoms with Crippen molar-refractivity contribution in [3.05, 3.63) is 91.6 Å². The lowest BCUT2D eigenvalue weighted by Crippen LogP contribution is -2.54. The Labute approximate surface area is 234 Å². The number of barbiturate groups is 1. The first-order chi connectivity index (χ1) is 18.2. The van der Waals surface area contributed by atoms with Crippen molar-refractivity contribution in [1.29, 1.82) is 5.26 Å². The van der Waals surface area contributed by atoms with E-state index in [4.69, 9.17) is 9.47 Å². The van der Waals surface area contributed by atoms with Crippen LogP contribution >= 0.6 is 22.6 Å². The molecule has 3 aromatic rings. The summed E-state index contributed by atoms with van der Waals surface area (Å²) in [5, 5.41) is 11.6. The molecule has 0 atom stereocenters. The van der Waals surface area contributed by atoms with Crippen molar-refractivity contribution in [2.75, 3.05) is 11.5 Å². The highest BCUT2D eigenvalue weighted by atomic mass is 127. The topological polar surface area (TPSA) is 109 Å². The van der Waals surface area contributed by atoms with Crippen LogP contribution in [0.15, 0.2) is 60.2 Å². The Morgan fingerprint density at radius 3 is 2.50 bits per heavy atom. The van der Waals surface area contributed by atoms with Gasteiger partial charge in [0.25, 0.3) is 11.8 Å². The van der Waals surface area contributed by atoms with Gasteiger partial charge in [-0.15, -0.1) is 0 Å². The van der Waals surface area contributed by atoms with Gasteiger partial charge in [-0.25, -0.2) is 9.69 Å². The number of aryl methyl sites for hydroxylation is 2. The average molecular weight is 621 g/mol. The van der Waals surface area contributed by atoms with Crippen LogP contribution < -0.4 is 19.7 Å². The average Bonchev–Trinajstić information content (AvgIpc) is 2.88. The lowest BCUT2D eigenvalue weighted by atomic mass is 10.0. The summed E-state index contributed by atoms with van der Waals surface area (Å²) >= 11 is 2.09. The molecule has 1 aliphatic heterocycles. The number of nitriles is 1. The van der Waals surface area contributed by atoms with Crippen LogP contribution in [0, 0.1) is 28.7 Å². The third-order valence-electron chi connectivity index (χ3n) is 6.00. The lowest BCUT2D eigenvalue weighted by molar-refractivity contribution is -0.122. The van der Waals surface area contributed by atoms with Gasteiger partial charge in [0.2, 0.25) is 0 Å². The monoisotopic (exact) mass is 621 g/mol. The molecule has 4 rings (SSSR count). The van der Waals surface area contributed by atoms with Gasteiger partial charge in [-0.05, 0) is 96.5 Å². The SMILES string of the molecule is CCOc1cc(/C=C2\C(=O)NC(=O)N(c3ccc(C)c(C)c3)C2=O)cc(I)c1OCc1ccccc1C#N. The van der Waals surface area contributed by atoms with Gasteiger partial charge in [0.05, 0.1) is 27.5 Å². The Bertz CT molecular complexity index is 1520. The van der Waals surface area contributed by atoms with Crippen molar-refractivity contribution in [3.63, 3.8) is 0 Å². The Morgan fingerprint density at radius 1 is 1.03 bits per heavy atom. The van der Waals surface area contributed by atoms with Crippen molar-refractivity contribution in [1.82, 2.24) is 5.32 Å². The fourth-order valence-corrected chi connectivity index (χ4v) is 4.68. The number of ether oxygens (including phenoxy) is 2. The molecule has 1 heterocycles. The van der Waals surface area contributed by atoms with Crippen LogP contribution in [0.1, 0.15) is 34.7 Å². The second-order valence-corrected chi connectivity index (χ2v) is 9.71. The van der Waals surface area contributed by atoms with Crippen molar-refractivity contribution < 1.29 is 23.9 Å². The molecule has 192 valence electrons. The van der Waals surface area contributed by atoms with Gasteiger partial charge in [0, 0.05) is 5.56 Å². The van der Waals surface area contributed by atoms with Crippen LogP contribution in [-0.4, -0.2) is 24.5 Å². The first kappa shape index (κ1) is 26.9. The standard InChI is InChI=1S/C29H24IN3O5/c1-4-37-25-14-19(13-24(30)26(25)38-16-21-8-6-5-7-20(21)15-31)12-23-27(34)32-29(36)33(28(23)35)22-10-9-17(2)18(3)11-22/h5-14H,4,16H2,1-3H3,(H,32,34,36)/b23-12+. The number of amides is 4. The number of rotatable bonds is 7. The number of hydrogen-bond acceptors (Lipinski definition) is 6. The molecule has 3 aromatic carbocycles. The van der Waals surface area contributed by atoms with Gasteiger partial charge in [-0.2, -0.15) is 5.26 Å². The number of imide groups is 2. The maximum Gasteiger partial charge on any atom is 0.335 e. The zero-order valence-corrected chi connectivity index (χ0v) is 23.2. The van der Waals surface area contributed by atoms with E-state index in [1.807, 2.05) is 39.0 Å². The fourth-order valence-electron chi connectivity index (χ4n) is 3.90. The van der Waals surface area contributed by atoms with Crippen molar-refractivity contribution >= 4 is 52.2 Å². The Morgan fingerprint density at radius 2 is 1.79 bits per heavy atom. The van der Waals surface area contributed by atoms with Crippen LogP contribution in [0.2, 0.25) is 0 Å². The van der Waals surface area contributed by atoms with Crippen LogP contribution in [0.5, 0.6) is 11.5 Å². The molecule has 1 N–H and O–H groups in total. The van der Waals surface area contributed by atoms with E-state index >= 15 is 0 Å². The van der Waals surface area contributed by atoms with Crippen LogP contribution in [0.3, 0.4) is 0 Å². The fraction of sp³-hybridized carbons (Fsp3) is 0.172. The molecule has 0 unspecified atom stereocenters. The van der Waals surface area contributed by atoms with Crippen molar-refractivity contribution in [2.45, 2.75) is 27.4 Å². The largest absolute Gasteiger partial charge is 0.490 e. The number of carbonyl (C=O) groups excluding carboxylic acids is 3. The molecule has 8 nitrogen and oxygen atoms in total. The van der Waals surface area contributed by atoms with E-state index in [0.29, 0.717) is 38.5 Å². The molecule has 0 aliphatic carbocycles. The molecule has 0 aromatic heterocycles. The quantitative estimate of drug-likeness (QED) is 0.214. The molecule has 1 fully saturated rings. The van der Waals surface area contributed by atoms with E-state index in [0.717, 1.165) is 21.6 Å². The molecule has 0 saturated carbocycles. The summed E-state index contributed by atoms with van der Waals surface area (Å²) < 4.78 is 12.5. The number of urea groups is 1. The van der Waals surface area contributed by atoms with Gasteiger partial charge in [0.15, 0.2) is 11.5 Å². The van der Waals surface area contributed by atoms with E-state index in [1.54, 1.807) is 36.4 Å². The predicted octanol–water partition coefficient (Wildman–Crippen LogP) is 5.42. The van der Waals surface area contributed by atoms with E-state index in [-0.39, 0.29) is 12.2 Å². The van der Waals surface area contributed by atoms with Gasteiger partial charge in [0.1, 0.15) is 12.2 Å². The smallest absolute Gasteiger partial charge is 0.335 e. The van der Waals surface area contributed by atoms with Crippen LogP contribution in [0.4, 0.5) is 10.5 Å². The third kappa shape index (κ3) is 5.55. The van der Waals surface area contributed by atoms with Crippen LogP contribution in [0.25, 0.3) is 6.08 Å². The number of hydrogen-bond donors (Lipinski definition) is 1. The minimum absolute atomic E-state index is 0.161. The minimum Gasteiger partial charge on any atom is -0.490 e. The second kappa shape index (κ2) is 11.5. The number of carbonyl (C=O) groups is 3. The molecular weight excluding hydrogens is 597 g/mol. The lowest BCUT2D eigenvalue weighted by Gasteiger charge is -2.27. The number of nitrogens with one attached hydrogen (secondary N) is 1. The Hall–Kier alpha value is -4.17. The normalized spacial score (nSPS) is 14.3. The summed E-state index contributed by atoms with van der Waals surface area (Å²) in [5.74, 6) is -0.593. The molecule has 38 heavy (non-hydrogen) atoms. The molecule has 0 bridgehead atoms. The van der Waals surface area contributed by atoms with E-state index in [2.05, 4.69) is 34.0 Å². The molecule has 1 aliphatic rings. The number of nitrogens with zero attached hydrogens (tertiary/aromatic N) is 2. The molecule has 0 radical (unpaired) electrons. The maximum atomic E-state index is 13.3. The number of halogens is 1. The summed E-state index contributed by atoms with van der Waals surface area (Å²) in [4.78, 5) is 39.5. The highest BCUT2D eigenvalue weighted by molar-refractivity contribution is 14.1. The molecule has 0 spiro atoms. The van der Waals surface area contributed by atoms with Gasteiger partial charge >= 0.3 is 6.03 Å². The van der Waals surface area contributed by atoms with Gasteiger partial charge < -0.3 is 9.47 Å². The van der Waals surface area contributed by atoms with Crippen molar-refractivity contribution in [3.8, 4) is 17.6 Å². The predicted molar refractivity (Wildman–Crippen MR) is 151 cm³/mol. The Balaban J connectivity index is 1.68. The number of anilines is 1. The van der Waals surface area contributed by atoms with E-state index < -0.39 is 17.8 Å². The summed E-state index contributed by atoms with van der Waals surface area (Å²) in [6, 6.07) is 17.1. The first-order valence-corrected chi connectivity index (χ1v) is 12.9. The van der Waals surface area contributed by atoms with E-state index in [1.165, 1.54) is 6.08 Å².